The summed E-state index contributed by atoms with van der Waals surface area (Å²) < 4.78 is 10.2. The van der Waals surface area contributed by atoms with Gasteiger partial charge in [0.2, 0.25) is 5.91 Å². The minimum Gasteiger partial charge on any atom is -0.464 e. The van der Waals surface area contributed by atoms with Crippen molar-refractivity contribution in [2.75, 3.05) is 25.4 Å². The SMILES string of the molecule is C[C@H](N)C(=O)OCC(C)(C)[C@H]1OC(=O)C(=O)SCCNC(=O)CCNC1=O. The molecule has 1 saturated heterocycles. The van der Waals surface area contributed by atoms with E-state index in [0.717, 1.165) is 0 Å². The van der Waals surface area contributed by atoms with Crippen LogP contribution in [-0.2, 0) is 33.4 Å². The molecule has 1 aliphatic rings. The smallest absolute Gasteiger partial charge is 0.386 e. The largest absolute Gasteiger partial charge is 0.464 e. The van der Waals surface area contributed by atoms with Gasteiger partial charge in [-0.1, -0.05) is 25.6 Å². The summed E-state index contributed by atoms with van der Waals surface area (Å²) in [5.74, 6) is -2.66. The molecule has 1 heterocycles. The number of ether oxygens (including phenoxy) is 2. The van der Waals surface area contributed by atoms with Crippen LogP contribution in [0.1, 0.15) is 27.2 Å². The van der Waals surface area contributed by atoms with Crippen LogP contribution in [0.3, 0.4) is 0 Å². The first-order valence-electron chi connectivity index (χ1n) is 8.39. The third kappa shape index (κ3) is 7.55. The molecule has 10 nitrogen and oxygen atoms in total. The van der Waals surface area contributed by atoms with E-state index in [0.29, 0.717) is 11.8 Å². The van der Waals surface area contributed by atoms with Crippen LogP contribution in [0.4, 0.5) is 0 Å². The molecule has 0 radical (unpaired) electrons. The van der Waals surface area contributed by atoms with Crippen LogP contribution in [0.5, 0.6) is 0 Å². The van der Waals surface area contributed by atoms with Crippen LogP contribution in [0.25, 0.3) is 0 Å². The van der Waals surface area contributed by atoms with E-state index in [1.807, 2.05) is 0 Å². The van der Waals surface area contributed by atoms with Gasteiger partial charge in [0.25, 0.3) is 11.0 Å². The molecular weight excluding hydrogens is 378 g/mol. The highest BCUT2D eigenvalue weighted by Gasteiger charge is 2.41. The van der Waals surface area contributed by atoms with Gasteiger partial charge in [0.05, 0.1) is 0 Å². The molecule has 2 atom stereocenters. The Morgan fingerprint density at radius 1 is 1.30 bits per heavy atom. The summed E-state index contributed by atoms with van der Waals surface area (Å²) in [5, 5.41) is 4.18. The van der Waals surface area contributed by atoms with Crippen molar-refractivity contribution in [3.05, 3.63) is 0 Å². The van der Waals surface area contributed by atoms with E-state index in [9.17, 15) is 24.0 Å². The van der Waals surface area contributed by atoms with E-state index in [-0.39, 0.29) is 37.8 Å². The molecule has 1 aliphatic heterocycles. The standard InChI is InChI=1S/C16H25N3O7S/c1-9(17)13(22)25-8-16(2,3)11-12(21)19-5-4-10(20)18-6-7-27-15(24)14(23)26-11/h9,11H,4-8,17H2,1-3H3,(H,18,20)(H,19,21)/t9-,11-/m0/s1. The molecule has 0 spiro atoms. The van der Waals surface area contributed by atoms with Crippen molar-refractivity contribution in [2.24, 2.45) is 11.1 Å². The molecule has 0 bridgehead atoms. The van der Waals surface area contributed by atoms with Gasteiger partial charge in [-0.15, -0.1) is 0 Å². The average Bonchev–Trinajstić information content (AvgIpc) is 2.60. The summed E-state index contributed by atoms with van der Waals surface area (Å²) in [6.45, 7) is 4.50. The minimum absolute atomic E-state index is 0.0233. The lowest BCUT2D eigenvalue weighted by Gasteiger charge is -2.32. The third-order valence-corrected chi connectivity index (χ3v) is 4.44. The highest BCUT2D eigenvalue weighted by Crippen LogP contribution is 2.25. The fraction of sp³-hybridized carbons (Fsp3) is 0.688. The zero-order valence-corrected chi connectivity index (χ0v) is 16.4. The maximum Gasteiger partial charge on any atom is 0.386 e. The van der Waals surface area contributed by atoms with Crippen LogP contribution in [0.2, 0.25) is 0 Å². The van der Waals surface area contributed by atoms with Gasteiger partial charge in [0.1, 0.15) is 12.6 Å². The number of amides is 2. The Balaban J connectivity index is 2.96. The fourth-order valence-corrected chi connectivity index (χ4v) is 2.62. The van der Waals surface area contributed by atoms with E-state index >= 15 is 0 Å². The van der Waals surface area contributed by atoms with E-state index in [4.69, 9.17) is 15.2 Å². The van der Waals surface area contributed by atoms with E-state index in [1.54, 1.807) is 13.8 Å². The van der Waals surface area contributed by atoms with E-state index < -0.39 is 40.5 Å². The lowest BCUT2D eigenvalue weighted by molar-refractivity contribution is -0.170. The van der Waals surface area contributed by atoms with Crippen molar-refractivity contribution in [1.82, 2.24) is 10.6 Å². The first-order valence-corrected chi connectivity index (χ1v) is 9.37. The maximum absolute atomic E-state index is 12.5. The summed E-state index contributed by atoms with van der Waals surface area (Å²) in [6, 6.07) is -0.853. The number of rotatable bonds is 4. The first kappa shape index (κ1) is 22.9. The number of nitrogens with one attached hydrogen (secondary N) is 2. The molecule has 0 aromatic rings. The molecule has 2 amide bonds. The van der Waals surface area contributed by atoms with Gasteiger partial charge in [0.15, 0.2) is 6.10 Å². The van der Waals surface area contributed by atoms with Gasteiger partial charge in [-0.25, -0.2) is 4.79 Å². The monoisotopic (exact) mass is 403 g/mol. The summed E-state index contributed by atoms with van der Waals surface area (Å²) in [4.78, 5) is 59.6. The van der Waals surface area contributed by atoms with Crippen LogP contribution in [0.15, 0.2) is 0 Å². The third-order valence-electron chi connectivity index (χ3n) is 3.61. The van der Waals surface area contributed by atoms with Gasteiger partial charge < -0.3 is 25.8 Å². The minimum atomic E-state index is -1.40. The molecule has 0 unspecified atom stereocenters. The molecule has 152 valence electrons. The molecule has 27 heavy (non-hydrogen) atoms. The zero-order chi connectivity index (χ0) is 20.6. The zero-order valence-electron chi connectivity index (χ0n) is 15.5. The van der Waals surface area contributed by atoms with Crippen molar-refractivity contribution in [3.8, 4) is 0 Å². The summed E-state index contributed by atoms with van der Waals surface area (Å²) in [6.07, 6.45) is -1.37. The van der Waals surface area contributed by atoms with Gasteiger partial charge >= 0.3 is 11.9 Å². The molecule has 0 aromatic heterocycles. The van der Waals surface area contributed by atoms with Gasteiger partial charge in [-0.3, -0.25) is 19.2 Å². The van der Waals surface area contributed by atoms with E-state index in [1.165, 1.54) is 6.92 Å². The molecular formula is C16H25N3O7S. The molecule has 1 fully saturated rings. The Labute approximate surface area is 161 Å². The number of nitrogens with two attached hydrogens (primary N) is 1. The van der Waals surface area contributed by atoms with Crippen molar-refractivity contribution in [1.29, 1.82) is 0 Å². The lowest BCUT2D eigenvalue weighted by Crippen LogP contribution is -2.50. The lowest BCUT2D eigenvalue weighted by atomic mass is 9.86. The van der Waals surface area contributed by atoms with E-state index in [2.05, 4.69) is 10.6 Å². The number of carbonyl (C=O) groups is 5. The second-order valence-electron chi connectivity index (χ2n) is 6.70. The first-order chi connectivity index (χ1) is 12.5. The maximum atomic E-state index is 12.5. The van der Waals surface area contributed by atoms with Crippen molar-refractivity contribution in [3.63, 3.8) is 0 Å². The molecule has 11 heteroatoms. The molecule has 0 aromatic carbocycles. The average molecular weight is 403 g/mol. The number of thioether (sulfide) groups is 1. The predicted molar refractivity (Wildman–Crippen MR) is 96.4 cm³/mol. The van der Waals surface area contributed by atoms with Crippen LogP contribution < -0.4 is 16.4 Å². The van der Waals surface area contributed by atoms with Crippen LogP contribution in [0, 0.1) is 5.41 Å². The van der Waals surface area contributed by atoms with Crippen molar-refractivity contribution >= 4 is 40.6 Å². The summed E-state index contributed by atoms with van der Waals surface area (Å²) in [7, 11) is 0. The van der Waals surface area contributed by atoms with Gasteiger partial charge in [-0.05, 0) is 6.92 Å². The Kier molecular flexibility index (Phi) is 8.70. The molecule has 0 aliphatic carbocycles. The number of esters is 2. The molecule has 4 N–H and O–H groups in total. The molecule has 1 rings (SSSR count). The topological polar surface area (TPSA) is 154 Å². The Morgan fingerprint density at radius 2 is 1.96 bits per heavy atom. The van der Waals surface area contributed by atoms with Crippen molar-refractivity contribution < 1.29 is 33.4 Å². The van der Waals surface area contributed by atoms with Crippen LogP contribution >= 0.6 is 11.8 Å². The van der Waals surface area contributed by atoms with Gasteiger partial charge in [0, 0.05) is 30.7 Å². The second kappa shape index (κ2) is 10.3. The van der Waals surface area contributed by atoms with Crippen molar-refractivity contribution in [2.45, 2.75) is 39.3 Å². The number of carbonyl (C=O) groups excluding carboxylic acids is 5. The Hall–Kier alpha value is -2.14. The summed E-state index contributed by atoms with van der Waals surface area (Å²) in [5.41, 5.74) is 4.29. The predicted octanol–water partition coefficient (Wildman–Crippen LogP) is -1.29. The Morgan fingerprint density at radius 3 is 2.59 bits per heavy atom. The fourth-order valence-electron chi connectivity index (χ4n) is 2.06. The highest BCUT2D eigenvalue weighted by molar-refractivity contribution is 8.15. The summed E-state index contributed by atoms with van der Waals surface area (Å²) >= 11 is 0.682. The number of cyclic esters (lactones) is 1. The number of hydrogen-bond acceptors (Lipinski definition) is 9. The second-order valence-corrected chi connectivity index (χ2v) is 7.76. The molecule has 0 saturated carbocycles. The highest BCUT2D eigenvalue weighted by atomic mass is 32.2. The Bertz CT molecular complexity index is 607. The van der Waals surface area contributed by atoms with Crippen LogP contribution in [-0.4, -0.2) is 66.5 Å². The normalized spacial score (nSPS) is 21.6. The quantitative estimate of drug-likeness (QED) is 0.384. The van der Waals surface area contributed by atoms with Gasteiger partial charge in [-0.2, -0.15) is 0 Å². The number of hydrogen-bond donors (Lipinski definition) is 3.